The van der Waals surface area contributed by atoms with Crippen LogP contribution in [0.2, 0.25) is 0 Å². The fourth-order valence-corrected chi connectivity index (χ4v) is 1.60. The fraction of sp³-hybridized carbons (Fsp3) is 0.0714. The molecule has 0 amide bonds. The Kier molecular flexibility index (Phi) is 3.99. The van der Waals surface area contributed by atoms with Crippen molar-refractivity contribution < 1.29 is 14.3 Å². The van der Waals surface area contributed by atoms with Crippen LogP contribution in [-0.4, -0.2) is 5.97 Å². The van der Waals surface area contributed by atoms with Crippen molar-refractivity contribution in [2.24, 2.45) is 0 Å². The molecule has 0 unspecified atom stereocenters. The van der Waals surface area contributed by atoms with Gasteiger partial charge in [-0.25, -0.2) is 0 Å². The molecule has 0 bridgehead atoms. The largest absolute Gasteiger partial charge is 0.453 e. The molecule has 0 atom stereocenters. The highest BCUT2D eigenvalue weighted by Gasteiger charge is 2.07. The molecule has 2 aromatic rings. The van der Waals surface area contributed by atoms with Crippen LogP contribution >= 0.6 is 15.9 Å². The van der Waals surface area contributed by atoms with Crippen LogP contribution in [0.3, 0.4) is 0 Å². The number of esters is 1. The Balaban J connectivity index is 2.23. The van der Waals surface area contributed by atoms with Crippen LogP contribution in [0.25, 0.3) is 0 Å². The minimum absolute atomic E-state index is 0.285. The first-order chi connectivity index (χ1) is 8.65. The lowest BCUT2D eigenvalue weighted by Crippen LogP contribution is -2.02. The molecule has 2 aromatic carbocycles. The van der Waals surface area contributed by atoms with E-state index in [0.717, 1.165) is 4.47 Å². The van der Waals surface area contributed by atoms with Crippen LogP contribution in [0, 0.1) is 6.07 Å². The molecule has 0 aliphatic rings. The third-order valence-corrected chi connectivity index (χ3v) is 2.60. The van der Waals surface area contributed by atoms with E-state index in [9.17, 15) is 4.79 Å². The summed E-state index contributed by atoms with van der Waals surface area (Å²) in [7, 11) is 0. The van der Waals surface area contributed by atoms with Crippen molar-refractivity contribution in [2.45, 2.75) is 6.92 Å². The van der Waals surface area contributed by atoms with Gasteiger partial charge in [0, 0.05) is 17.5 Å². The minimum atomic E-state index is -0.405. The zero-order valence-electron chi connectivity index (χ0n) is 9.64. The fourth-order valence-electron chi connectivity index (χ4n) is 1.34. The van der Waals surface area contributed by atoms with E-state index in [2.05, 4.69) is 22.0 Å². The van der Waals surface area contributed by atoms with Gasteiger partial charge >= 0.3 is 5.97 Å². The third kappa shape index (κ3) is 3.34. The van der Waals surface area contributed by atoms with Gasteiger partial charge < -0.3 is 9.47 Å². The van der Waals surface area contributed by atoms with Gasteiger partial charge in [-0.1, -0.05) is 28.1 Å². The number of benzene rings is 2. The summed E-state index contributed by atoms with van der Waals surface area (Å²) in [5.74, 6) is 0.993. The lowest BCUT2D eigenvalue weighted by atomic mass is 10.3. The lowest BCUT2D eigenvalue weighted by molar-refractivity contribution is -0.132. The first-order valence-electron chi connectivity index (χ1n) is 5.27. The van der Waals surface area contributed by atoms with E-state index in [0.29, 0.717) is 11.5 Å². The molecular weight excluding hydrogens is 296 g/mol. The molecule has 18 heavy (non-hydrogen) atoms. The second-order valence-corrected chi connectivity index (χ2v) is 4.43. The molecule has 0 fully saturated rings. The molecule has 91 valence electrons. The van der Waals surface area contributed by atoms with E-state index in [1.54, 1.807) is 18.2 Å². The minimum Gasteiger partial charge on any atom is -0.453 e. The molecule has 2 rings (SSSR count). The smallest absolute Gasteiger partial charge is 0.308 e. The summed E-state index contributed by atoms with van der Waals surface area (Å²) < 4.78 is 11.6. The number of hydrogen-bond acceptors (Lipinski definition) is 3. The topological polar surface area (TPSA) is 35.5 Å². The Labute approximate surface area is 113 Å². The van der Waals surface area contributed by atoms with E-state index in [4.69, 9.17) is 9.47 Å². The maximum absolute atomic E-state index is 11.0. The zero-order chi connectivity index (χ0) is 13.0. The van der Waals surface area contributed by atoms with Gasteiger partial charge in [-0.3, -0.25) is 4.79 Å². The van der Waals surface area contributed by atoms with Crippen molar-refractivity contribution in [2.75, 3.05) is 0 Å². The van der Waals surface area contributed by atoms with Crippen molar-refractivity contribution in [3.63, 3.8) is 0 Å². The number of rotatable bonds is 3. The summed E-state index contributed by atoms with van der Waals surface area (Å²) in [5, 5.41) is 0. The molecule has 1 radical (unpaired) electrons. The molecular formula is C14H10BrO3. The molecule has 0 saturated heterocycles. The SMILES string of the molecule is CC(=O)Oc1[c]cccc1Oc1ccc(Br)cc1. The molecule has 0 N–H and O–H groups in total. The number of hydrogen-bond donors (Lipinski definition) is 0. The van der Waals surface area contributed by atoms with Gasteiger partial charge in [-0.2, -0.15) is 0 Å². The average Bonchev–Trinajstić information content (AvgIpc) is 2.34. The standard InChI is InChI=1S/C14H10BrO3/c1-10(16)17-13-4-2-3-5-14(13)18-12-8-6-11(15)7-9-12/h2-3,5-9H,1H3. The van der Waals surface area contributed by atoms with Crippen molar-refractivity contribution in [3.8, 4) is 17.2 Å². The van der Waals surface area contributed by atoms with E-state index in [1.165, 1.54) is 6.92 Å². The van der Waals surface area contributed by atoms with Crippen LogP contribution in [0.1, 0.15) is 6.92 Å². The molecule has 4 heteroatoms. The Morgan fingerprint density at radius 1 is 1.22 bits per heavy atom. The number of ether oxygens (including phenoxy) is 2. The van der Waals surface area contributed by atoms with Crippen molar-refractivity contribution in [1.82, 2.24) is 0 Å². The van der Waals surface area contributed by atoms with Gasteiger partial charge in [0.2, 0.25) is 0 Å². The van der Waals surface area contributed by atoms with Crippen molar-refractivity contribution in [1.29, 1.82) is 0 Å². The Bertz CT molecular complexity index is 549. The molecule has 0 aliphatic carbocycles. The highest BCUT2D eigenvalue weighted by Crippen LogP contribution is 2.31. The van der Waals surface area contributed by atoms with E-state index in [-0.39, 0.29) is 5.75 Å². The van der Waals surface area contributed by atoms with Crippen LogP contribution < -0.4 is 9.47 Å². The molecule has 0 heterocycles. The predicted octanol–water partition coefficient (Wildman–Crippen LogP) is 3.97. The number of para-hydroxylation sites is 1. The highest BCUT2D eigenvalue weighted by atomic mass is 79.9. The Morgan fingerprint density at radius 2 is 1.94 bits per heavy atom. The van der Waals surface area contributed by atoms with Crippen molar-refractivity contribution >= 4 is 21.9 Å². The van der Waals surface area contributed by atoms with Gasteiger partial charge in [-0.15, -0.1) is 0 Å². The summed E-state index contributed by atoms with van der Waals surface area (Å²) in [4.78, 5) is 11.0. The van der Waals surface area contributed by atoms with E-state index >= 15 is 0 Å². The van der Waals surface area contributed by atoms with E-state index in [1.807, 2.05) is 24.3 Å². The van der Waals surface area contributed by atoms with Crippen LogP contribution in [0.15, 0.2) is 46.9 Å². The maximum atomic E-state index is 11.0. The highest BCUT2D eigenvalue weighted by molar-refractivity contribution is 9.10. The summed E-state index contributed by atoms with van der Waals surface area (Å²) in [5.41, 5.74) is 0. The molecule has 0 aromatic heterocycles. The van der Waals surface area contributed by atoms with Gasteiger partial charge in [-0.05, 0) is 30.3 Å². The summed E-state index contributed by atoms with van der Waals surface area (Å²) in [6.07, 6.45) is 0. The van der Waals surface area contributed by atoms with Gasteiger partial charge in [0.1, 0.15) is 5.75 Å². The summed E-state index contributed by atoms with van der Waals surface area (Å²) >= 11 is 3.35. The maximum Gasteiger partial charge on any atom is 0.308 e. The Hall–Kier alpha value is -1.81. The zero-order valence-corrected chi connectivity index (χ0v) is 11.2. The monoisotopic (exact) mass is 305 g/mol. The first-order valence-corrected chi connectivity index (χ1v) is 6.07. The summed E-state index contributed by atoms with van der Waals surface area (Å²) in [6, 6.07) is 15.3. The quantitative estimate of drug-likeness (QED) is 0.636. The van der Waals surface area contributed by atoms with Gasteiger partial charge in [0.05, 0.1) is 0 Å². The van der Waals surface area contributed by atoms with Crippen LogP contribution in [0.5, 0.6) is 17.2 Å². The third-order valence-electron chi connectivity index (χ3n) is 2.07. The molecule has 0 spiro atoms. The van der Waals surface area contributed by atoms with E-state index < -0.39 is 5.97 Å². The number of carbonyl (C=O) groups excluding carboxylic acids is 1. The van der Waals surface area contributed by atoms with Crippen LogP contribution in [0.4, 0.5) is 0 Å². The molecule has 0 saturated carbocycles. The van der Waals surface area contributed by atoms with Gasteiger partial charge in [0.25, 0.3) is 0 Å². The van der Waals surface area contributed by atoms with Crippen molar-refractivity contribution in [3.05, 3.63) is 53.0 Å². The predicted molar refractivity (Wildman–Crippen MR) is 70.8 cm³/mol. The second kappa shape index (κ2) is 5.69. The van der Waals surface area contributed by atoms with Gasteiger partial charge in [0.15, 0.2) is 11.5 Å². The summed E-state index contributed by atoms with van der Waals surface area (Å²) in [6.45, 7) is 1.34. The molecule has 0 aliphatic heterocycles. The lowest BCUT2D eigenvalue weighted by Gasteiger charge is -2.09. The normalized spacial score (nSPS) is 9.89. The number of carbonyl (C=O) groups is 1. The van der Waals surface area contributed by atoms with Crippen LogP contribution in [-0.2, 0) is 4.79 Å². The second-order valence-electron chi connectivity index (χ2n) is 3.51. The molecule has 3 nitrogen and oxygen atoms in total. The first kappa shape index (κ1) is 12.6. The number of halogens is 1. The Morgan fingerprint density at radius 3 is 2.61 bits per heavy atom. The average molecular weight is 306 g/mol.